The number of azo groups is 1. The Morgan fingerprint density at radius 2 is 1.50 bits per heavy atom. The van der Waals surface area contributed by atoms with Crippen molar-refractivity contribution in [2.24, 2.45) is 15.3 Å². The van der Waals surface area contributed by atoms with Crippen molar-refractivity contribution in [2.45, 2.75) is 0 Å². The summed E-state index contributed by atoms with van der Waals surface area (Å²) in [6.07, 6.45) is 0. The van der Waals surface area contributed by atoms with Gasteiger partial charge in [0.05, 0.1) is 0 Å². The van der Waals surface area contributed by atoms with Gasteiger partial charge in [0, 0.05) is 0 Å². The summed E-state index contributed by atoms with van der Waals surface area (Å²) in [6.45, 7) is 0. The summed E-state index contributed by atoms with van der Waals surface area (Å²) in [4.78, 5) is 0. The molecule has 0 atom stereocenters. The molecule has 6 nitrogen and oxygen atoms in total. The van der Waals surface area contributed by atoms with Gasteiger partial charge in [-0.15, -0.1) is 0 Å². The number of nitrogens with zero attached hydrogens (tertiary/aromatic N) is 3. The van der Waals surface area contributed by atoms with E-state index in [-0.39, 0.29) is 11.8 Å². The van der Waals surface area contributed by atoms with Crippen LogP contribution in [0.5, 0.6) is 5.75 Å². The number of anilines is 1. The topological polar surface area (TPSA) is 78.6 Å². The molecule has 0 bridgehead atoms. The van der Waals surface area contributed by atoms with Crippen molar-refractivity contribution >= 4 is 20.5 Å². The van der Waals surface area contributed by atoms with Crippen LogP contribution in [0.3, 0.4) is 0 Å². The van der Waals surface area contributed by atoms with Gasteiger partial charge in [0.25, 0.3) is 0 Å². The molecule has 26 heavy (non-hydrogen) atoms. The number of hydrazone groups is 1. The second kappa shape index (κ2) is 9.67. The zero-order valence-corrected chi connectivity index (χ0v) is 19.5. The number of aromatic hydroxyl groups is 1. The van der Waals surface area contributed by atoms with Crippen molar-refractivity contribution in [3.05, 3.63) is 84.9 Å². The first-order valence-corrected chi connectivity index (χ1v) is 13.1. The van der Waals surface area contributed by atoms with Crippen LogP contribution < -0.4 is 8.50 Å². The van der Waals surface area contributed by atoms with Crippen LogP contribution in [-0.2, 0) is 27.7 Å². The van der Waals surface area contributed by atoms with Crippen molar-refractivity contribution in [3.8, 4) is 5.75 Å². The van der Waals surface area contributed by atoms with Crippen LogP contribution in [0, 0.1) is 0 Å². The number of phenols is 1. The molecule has 3 rings (SSSR count). The summed E-state index contributed by atoms with van der Waals surface area (Å²) in [5, 5.41) is 21.9. The first-order chi connectivity index (χ1) is 12.8. The second-order valence-electron chi connectivity index (χ2n) is 5.36. The van der Waals surface area contributed by atoms with Crippen LogP contribution in [0.25, 0.3) is 0 Å². The summed E-state index contributed by atoms with van der Waals surface area (Å²) in [6, 6.07) is 26.2. The van der Waals surface area contributed by atoms with Gasteiger partial charge >= 0.3 is 165 Å². The van der Waals surface area contributed by atoms with Gasteiger partial charge in [0.1, 0.15) is 0 Å². The van der Waals surface area contributed by atoms with E-state index in [4.69, 9.17) is 2.64 Å². The first-order valence-electron chi connectivity index (χ1n) is 8.06. The van der Waals surface area contributed by atoms with E-state index in [1.165, 1.54) is 0 Å². The molecule has 3 aromatic carbocycles. The van der Waals surface area contributed by atoms with Crippen LogP contribution >= 0.6 is 0 Å². The van der Waals surface area contributed by atoms with E-state index in [0.717, 1.165) is 14.4 Å². The van der Waals surface area contributed by atoms with Gasteiger partial charge in [0.2, 0.25) is 0 Å². The van der Waals surface area contributed by atoms with Crippen molar-refractivity contribution in [3.63, 3.8) is 0 Å². The quantitative estimate of drug-likeness (QED) is 0.170. The van der Waals surface area contributed by atoms with E-state index >= 15 is 0 Å². The van der Waals surface area contributed by atoms with E-state index in [9.17, 15) is 5.11 Å². The van der Waals surface area contributed by atoms with E-state index in [1.807, 2.05) is 72.8 Å². The van der Waals surface area contributed by atoms with Crippen molar-refractivity contribution in [1.82, 2.24) is 0 Å². The average molecular weight is 533 g/mol. The molecule has 0 fully saturated rings. The van der Waals surface area contributed by atoms with Crippen molar-refractivity contribution < 1.29 is 32.8 Å². The summed E-state index contributed by atoms with van der Waals surface area (Å²) in [5.74, 6) is 0.241. The molecule has 0 amide bonds. The minimum absolute atomic E-state index is 0.201. The van der Waals surface area contributed by atoms with E-state index < -0.39 is 25.0 Å². The normalized spacial score (nSPS) is 11.2. The van der Waals surface area contributed by atoms with Crippen molar-refractivity contribution in [1.29, 1.82) is 0 Å². The van der Waals surface area contributed by atoms with Crippen molar-refractivity contribution in [2.75, 3.05) is 5.43 Å². The fourth-order valence-electron chi connectivity index (χ4n) is 2.04. The van der Waals surface area contributed by atoms with E-state index in [2.05, 4.69) is 20.8 Å². The molecule has 3 aromatic rings. The molecular formula is C19H16HgN4O2. The van der Waals surface area contributed by atoms with Gasteiger partial charge in [0.15, 0.2) is 0 Å². The van der Waals surface area contributed by atoms with Crippen LogP contribution in [0.4, 0.5) is 11.4 Å². The maximum atomic E-state index is 9.37. The standard InChI is InChI=1S/C13H12N4O.C6H5O.Hg/c18-13(16-14-11-7-3-1-4-8-11)17-15-12-9-5-2-6-10-12;7-6-4-2-1-3-5-6;/h1-10,14H,(H,16,18);2-5,7H;/q;;+1/p-1. The third-order valence-electron chi connectivity index (χ3n) is 3.37. The van der Waals surface area contributed by atoms with Gasteiger partial charge in [-0.2, -0.15) is 0 Å². The van der Waals surface area contributed by atoms with Gasteiger partial charge in [-0.05, 0) is 0 Å². The number of benzene rings is 3. The monoisotopic (exact) mass is 534 g/mol. The van der Waals surface area contributed by atoms with Crippen LogP contribution in [0.2, 0.25) is 0 Å². The van der Waals surface area contributed by atoms with Gasteiger partial charge in [-0.25, -0.2) is 0 Å². The summed E-state index contributed by atoms with van der Waals surface area (Å²) in [5.41, 5.74) is 4.50. The van der Waals surface area contributed by atoms with Gasteiger partial charge in [-0.3, -0.25) is 0 Å². The third-order valence-corrected chi connectivity index (χ3v) is 8.06. The van der Waals surface area contributed by atoms with Crippen LogP contribution in [-0.4, -0.2) is 11.1 Å². The zero-order valence-electron chi connectivity index (χ0n) is 14.0. The molecule has 0 saturated carbocycles. The number of para-hydroxylation sites is 1. The predicted molar refractivity (Wildman–Crippen MR) is 97.3 cm³/mol. The average Bonchev–Trinajstić information content (AvgIpc) is 2.70. The Kier molecular flexibility index (Phi) is 6.72. The number of hydrogen-bond acceptors (Lipinski definition) is 5. The molecule has 0 saturated heterocycles. The number of nitrogens with one attached hydrogen (secondary N) is 1. The number of amidine groups is 1. The molecule has 0 aliphatic rings. The molecule has 0 aliphatic heterocycles. The van der Waals surface area contributed by atoms with E-state index in [0.29, 0.717) is 0 Å². The van der Waals surface area contributed by atoms with Gasteiger partial charge in [-0.1, -0.05) is 0 Å². The Hall–Kier alpha value is -2.73. The maximum absolute atomic E-state index is 9.37. The SMILES string of the molecule is Oc1cc[c]([Hg][O]/C(N=Nc2ccccc2)=N\Nc2ccccc2)cc1. The summed E-state index contributed by atoms with van der Waals surface area (Å²) >= 11 is -1.93. The molecule has 7 heteroatoms. The Morgan fingerprint density at radius 1 is 0.846 bits per heavy atom. The molecule has 0 heterocycles. The van der Waals surface area contributed by atoms with E-state index in [1.54, 1.807) is 12.1 Å². The fourth-order valence-corrected chi connectivity index (χ4v) is 5.33. The zero-order chi connectivity index (χ0) is 18.0. The molecule has 126 valence electrons. The second-order valence-corrected chi connectivity index (χ2v) is 10.8. The molecule has 0 radical (unpaired) electrons. The summed E-state index contributed by atoms with van der Waals surface area (Å²) < 4.78 is 6.98. The Labute approximate surface area is 164 Å². The molecule has 0 unspecified atom stereocenters. The number of hydrogen-bond donors (Lipinski definition) is 2. The number of rotatable bonds is 5. The molecule has 2 N–H and O–H groups in total. The minimum atomic E-state index is -1.93. The molecule has 0 aliphatic carbocycles. The van der Waals surface area contributed by atoms with Crippen LogP contribution in [0.15, 0.2) is 100 Å². The molecule has 0 aromatic heterocycles. The summed E-state index contributed by atoms with van der Waals surface area (Å²) in [7, 11) is 0. The van der Waals surface area contributed by atoms with Crippen LogP contribution in [0.1, 0.15) is 0 Å². The first kappa shape index (κ1) is 18.1. The Morgan fingerprint density at radius 3 is 2.19 bits per heavy atom. The number of phenolic OH excluding ortho intramolecular Hbond substituents is 1. The Balaban J connectivity index is 1.71. The third kappa shape index (κ3) is 5.96. The molecule has 0 spiro atoms. The Bertz CT molecular complexity index is 869. The fraction of sp³-hybridized carbons (Fsp3) is 0. The molecular weight excluding hydrogens is 517 g/mol. The van der Waals surface area contributed by atoms with Gasteiger partial charge < -0.3 is 0 Å². The predicted octanol–water partition coefficient (Wildman–Crippen LogP) is 4.20.